The van der Waals surface area contributed by atoms with Gasteiger partial charge in [0.05, 0.1) is 6.04 Å². The molecule has 0 spiro atoms. The fraction of sp³-hybridized carbons (Fsp3) is 0.688. The second-order valence-electron chi connectivity index (χ2n) is 6.08. The Labute approximate surface area is 131 Å². The molecule has 0 radical (unpaired) electrons. The van der Waals surface area contributed by atoms with E-state index in [1.807, 2.05) is 11.0 Å². The van der Waals surface area contributed by atoms with Crippen molar-refractivity contribution in [2.75, 3.05) is 26.2 Å². The van der Waals surface area contributed by atoms with Crippen molar-refractivity contribution in [3.05, 3.63) is 22.4 Å². The zero-order valence-electron chi connectivity index (χ0n) is 12.8. The van der Waals surface area contributed by atoms with Crippen molar-refractivity contribution in [1.29, 1.82) is 0 Å². The monoisotopic (exact) mass is 307 g/mol. The third-order valence-corrected chi connectivity index (χ3v) is 5.64. The van der Waals surface area contributed by atoms with Crippen LogP contribution in [0.2, 0.25) is 0 Å². The number of amides is 2. The summed E-state index contributed by atoms with van der Waals surface area (Å²) in [5.74, 6) is 0. The molecule has 116 valence electrons. The second-order valence-corrected chi connectivity index (χ2v) is 7.06. The number of carbonyl (C=O) groups is 1. The van der Waals surface area contributed by atoms with E-state index < -0.39 is 0 Å². The highest BCUT2D eigenvalue weighted by molar-refractivity contribution is 7.10. The van der Waals surface area contributed by atoms with Crippen molar-refractivity contribution in [3.63, 3.8) is 0 Å². The number of hydrogen-bond donors (Lipinski definition) is 1. The maximum absolute atomic E-state index is 12.3. The molecule has 0 bridgehead atoms. The largest absolute Gasteiger partial charge is 0.330 e. The predicted molar refractivity (Wildman–Crippen MR) is 86.7 cm³/mol. The van der Waals surface area contributed by atoms with Crippen LogP contribution in [-0.4, -0.2) is 48.1 Å². The van der Waals surface area contributed by atoms with Crippen LogP contribution < -0.4 is 5.32 Å². The highest BCUT2D eigenvalue weighted by atomic mass is 32.1. The summed E-state index contributed by atoms with van der Waals surface area (Å²) in [6.07, 6.45) is 4.94. The molecule has 2 saturated heterocycles. The van der Waals surface area contributed by atoms with E-state index in [0.29, 0.717) is 6.04 Å². The molecule has 1 aromatic heterocycles. The van der Waals surface area contributed by atoms with Gasteiger partial charge in [0.25, 0.3) is 0 Å². The van der Waals surface area contributed by atoms with Gasteiger partial charge in [0.2, 0.25) is 0 Å². The van der Waals surface area contributed by atoms with Gasteiger partial charge in [-0.05, 0) is 43.8 Å². The number of piperidine rings is 1. The molecule has 0 aliphatic carbocycles. The number of carbonyl (C=O) groups excluding carboxylic acids is 1. The van der Waals surface area contributed by atoms with Gasteiger partial charge in [0.1, 0.15) is 0 Å². The van der Waals surface area contributed by atoms with E-state index in [1.165, 1.54) is 37.2 Å². The summed E-state index contributed by atoms with van der Waals surface area (Å²) in [6, 6.07) is 5.00. The normalized spacial score (nSPS) is 21.9. The van der Waals surface area contributed by atoms with Crippen molar-refractivity contribution < 1.29 is 4.79 Å². The molecule has 3 heterocycles. The van der Waals surface area contributed by atoms with E-state index in [4.69, 9.17) is 0 Å². The minimum Gasteiger partial charge on any atom is -0.330 e. The molecule has 21 heavy (non-hydrogen) atoms. The lowest BCUT2D eigenvalue weighted by molar-refractivity contribution is 0.0442. The van der Waals surface area contributed by atoms with Gasteiger partial charge in [0.15, 0.2) is 0 Å². The first-order chi connectivity index (χ1) is 10.3. The van der Waals surface area contributed by atoms with Crippen molar-refractivity contribution in [2.24, 2.45) is 0 Å². The fourth-order valence-corrected chi connectivity index (χ4v) is 4.10. The molecule has 1 atom stereocenters. The summed E-state index contributed by atoms with van der Waals surface area (Å²) < 4.78 is 0. The Balaban J connectivity index is 1.46. The van der Waals surface area contributed by atoms with E-state index >= 15 is 0 Å². The highest BCUT2D eigenvalue weighted by Gasteiger charge is 2.35. The summed E-state index contributed by atoms with van der Waals surface area (Å²) in [5.41, 5.74) is 0. The first kappa shape index (κ1) is 14.9. The van der Waals surface area contributed by atoms with Gasteiger partial charge in [-0.25, -0.2) is 4.79 Å². The number of hydrogen-bond acceptors (Lipinski definition) is 3. The lowest BCUT2D eigenvalue weighted by Gasteiger charge is -2.46. The van der Waals surface area contributed by atoms with E-state index in [0.717, 1.165) is 19.5 Å². The van der Waals surface area contributed by atoms with Gasteiger partial charge in [-0.3, -0.25) is 4.90 Å². The van der Waals surface area contributed by atoms with Crippen molar-refractivity contribution in [1.82, 2.24) is 15.1 Å². The molecule has 0 aromatic carbocycles. The number of nitrogens with one attached hydrogen (secondary N) is 1. The average molecular weight is 307 g/mol. The molecule has 2 aliphatic heterocycles. The topological polar surface area (TPSA) is 35.6 Å². The Kier molecular flexibility index (Phi) is 4.80. The van der Waals surface area contributed by atoms with Gasteiger partial charge < -0.3 is 10.2 Å². The molecular formula is C16H25N3OS. The molecule has 5 heteroatoms. The Bertz CT molecular complexity index is 450. The molecule has 2 amide bonds. The summed E-state index contributed by atoms with van der Waals surface area (Å²) in [7, 11) is 0. The lowest BCUT2D eigenvalue weighted by Crippen LogP contribution is -2.63. The predicted octanol–water partition coefficient (Wildman–Crippen LogP) is 3.08. The number of likely N-dealkylation sites (tertiary alicyclic amines) is 2. The molecule has 2 aliphatic rings. The van der Waals surface area contributed by atoms with Gasteiger partial charge in [0, 0.05) is 24.0 Å². The van der Waals surface area contributed by atoms with E-state index in [1.54, 1.807) is 11.3 Å². The van der Waals surface area contributed by atoms with Crippen LogP contribution in [0.1, 0.15) is 43.5 Å². The SMILES string of the molecule is CCC(NC(=O)N1CC(N2CCCCC2)C1)c1cccs1. The van der Waals surface area contributed by atoms with Crippen LogP contribution in [0, 0.1) is 0 Å². The van der Waals surface area contributed by atoms with Gasteiger partial charge in [-0.2, -0.15) is 0 Å². The summed E-state index contributed by atoms with van der Waals surface area (Å²) in [5, 5.41) is 5.24. The van der Waals surface area contributed by atoms with Gasteiger partial charge >= 0.3 is 6.03 Å². The minimum absolute atomic E-state index is 0.100. The van der Waals surface area contributed by atoms with Crippen LogP contribution in [0.4, 0.5) is 4.79 Å². The molecule has 3 rings (SSSR count). The number of urea groups is 1. The minimum atomic E-state index is 0.100. The van der Waals surface area contributed by atoms with Crippen LogP contribution in [0.5, 0.6) is 0 Å². The Morgan fingerprint density at radius 3 is 2.76 bits per heavy atom. The van der Waals surface area contributed by atoms with E-state index in [-0.39, 0.29) is 12.1 Å². The van der Waals surface area contributed by atoms with Crippen molar-refractivity contribution >= 4 is 17.4 Å². The Morgan fingerprint density at radius 1 is 1.38 bits per heavy atom. The standard InChI is InChI=1S/C16H25N3OS/c1-2-14(15-7-6-10-21-15)17-16(20)19-11-13(12-19)18-8-4-3-5-9-18/h6-7,10,13-14H,2-5,8-9,11-12H2,1H3,(H,17,20). The van der Waals surface area contributed by atoms with Gasteiger partial charge in [-0.1, -0.05) is 19.4 Å². The molecule has 0 saturated carbocycles. The third-order valence-electron chi connectivity index (χ3n) is 4.65. The van der Waals surface area contributed by atoms with Crippen molar-refractivity contribution in [2.45, 2.75) is 44.7 Å². The maximum Gasteiger partial charge on any atom is 0.318 e. The number of rotatable bonds is 4. The van der Waals surface area contributed by atoms with Crippen LogP contribution in [0.15, 0.2) is 17.5 Å². The summed E-state index contributed by atoms with van der Waals surface area (Å²) in [6.45, 7) is 6.34. The number of thiophene rings is 1. The second kappa shape index (κ2) is 6.79. The molecule has 1 unspecified atom stereocenters. The fourth-order valence-electron chi connectivity index (χ4n) is 3.24. The number of nitrogens with zero attached hydrogens (tertiary/aromatic N) is 2. The molecule has 4 nitrogen and oxygen atoms in total. The quantitative estimate of drug-likeness (QED) is 0.928. The average Bonchev–Trinajstić information content (AvgIpc) is 2.98. The van der Waals surface area contributed by atoms with Crippen molar-refractivity contribution in [3.8, 4) is 0 Å². The summed E-state index contributed by atoms with van der Waals surface area (Å²) >= 11 is 1.72. The lowest BCUT2D eigenvalue weighted by atomic mass is 10.0. The van der Waals surface area contributed by atoms with Gasteiger partial charge in [-0.15, -0.1) is 11.3 Å². The zero-order chi connectivity index (χ0) is 14.7. The Hall–Kier alpha value is -1.07. The third kappa shape index (κ3) is 3.40. The smallest absolute Gasteiger partial charge is 0.318 e. The molecule has 1 N–H and O–H groups in total. The van der Waals surface area contributed by atoms with E-state index in [2.05, 4.69) is 28.6 Å². The first-order valence-electron chi connectivity index (χ1n) is 8.11. The van der Waals surface area contributed by atoms with Crippen LogP contribution in [0.25, 0.3) is 0 Å². The van der Waals surface area contributed by atoms with E-state index in [9.17, 15) is 4.79 Å². The van der Waals surface area contributed by atoms with Crippen LogP contribution >= 0.6 is 11.3 Å². The molecular weight excluding hydrogens is 282 g/mol. The zero-order valence-corrected chi connectivity index (χ0v) is 13.6. The first-order valence-corrected chi connectivity index (χ1v) is 8.98. The molecule has 2 fully saturated rings. The summed E-state index contributed by atoms with van der Waals surface area (Å²) in [4.78, 5) is 18.1. The maximum atomic E-state index is 12.3. The Morgan fingerprint density at radius 2 is 2.14 bits per heavy atom. The van der Waals surface area contributed by atoms with Crippen LogP contribution in [-0.2, 0) is 0 Å². The molecule has 1 aromatic rings. The van der Waals surface area contributed by atoms with Crippen LogP contribution in [0.3, 0.4) is 0 Å². The highest BCUT2D eigenvalue weighted by Crippen LogP contribution is 2.24.